The zero-order chi connectivity index (χ0) is 6.10. The summed E-state index contributed by atoms with van der Waals surface area (Å²) in [4.78, 5) is 6.05. The van der Waals surface area contributed by atoms with Crippen LogP contribution in [0.25, 0.3) is 0 Å². The summed E-state index contributed by atoms with van der Waals surface area (Å²) in [7, 11) is 0. The first-order chi connectivity index (χ1) is 4.47. The zero-order valence-electron chi connectivity index (χ0n) is 4.82. The summed E-state index contributed by atoms with van der Waals surface area (Å²) in [5.41, 5.74) is 0. The van der Waals surface area contributed by atoms with Crippen LogP contribution in [0.1, 0.15) is 0 Å². The van der Waals surface area contributed by atoms with Crippen LogP contribution in [0.2, 0.25) is 0 Å². The van der Waals surface area contributed by atoms with Gasteiger partial charge in [0.05, 0.1) is 6.54 Å². The fourth-order valence-electron chi connectivity index (χ4n) is 0.834. The van der Waals surface area contributed by atoms with Gasteiger partial charge in [-0.3, -0.25) is 0 Å². The van der Waals surface area contributed by atoms with Gasteiger partial charge in [-0.05, 0) is 0 Å². The number of hydrogen-bond acceptors (Lipinski definition) is 3. The van der Waals surface area contributed by atoms with Crippen LogP contribution in [0.5, 0.6) is 0 Å². The molecule has 3 heteroatoms. The van der Waals surface area contributed by atoms with Crippen LogP contribution < -0.4 is 0 Å². The molecule has 0 aromatic carbocycles. The number of nitrogens with zero attached hydrogens (tertiary/aromatic N) is 2. The first-order valence-corrected chi connectivity index (χ1v) is 2.78. The van der Waals surface area contributed by atoms with Gasteiger partial charge in [-0.15, -0.1) is 0 Å². The van der Waals surface area contributed by atoms with Gasteiger partial charge < -0.3 is 9.64 Å². The Morgan fingerprint density at radius 1 is 1.67 bits per heavy atom. The Labute approximate surface area is 52.9 Å². The smallest absolute Gasteiger partial charge is 0.168 e. The third-order valence-electron chi connectivity index (χ3n) is 1.29. The third-order valence-corrected chi connectivity index (χ3v) is 1.29. The van der Waals surface area contributed by atoms with Crippen LogP contribution in [0.3, 0.4) is 0 Å². The summed E-state index contributed by atoms with van der Waals surface area (Å²) in [5, 5.41) is 0. The highest BCUT2D eigenvalue weighted by Crippen LogP contribution is 2.14. The first-order valence-electron chi connectivity index (χ1n) is 2.78. The standard InChI is InChI=1S/C6H6N2O/c1-2-8-3-4-9-5-6(8)7-1/h1,3-5H,2H2. The highest BCUT2D eigenvalue weighted by atomic mass is 16.5. The normalized spacial score (nSPS) is 21.3. The predicted octanol–water partition coefficient (Wildman–Crippen LogP) is 0.673. The largest absolute Gasteiger partial charge is 0.467 e. The minimum atomic E-state index is 0.867. The van der Waals surface area contributed by atoms with Crippen molar-refractivity contribution in [2.24, 2.45) is 4.99 Å². The Bertz CT molecular complexity index is 205. The average molecular weight is 122 g/mol. The van der Waals surface area contributed by atoms with Gasteiger partial charge in [0.25, 0.3) is 0 Å². The predicted molar refractivity (Wildman–Crippen MR) is 33.5 cm³/mol. The molecular formula is C6H6N2O. The number of ether oxygens (including phenoxy) is 1. The van der Waals surface area contributed by atoms with Crippen molar-refractivity contribution < 1.29 is 4.74 Å². The summed E-state index contributed by atoms with van der Waals surface area (Å²) >= 11 is 0. The molecule has 0 atom stereocenters. The average Bonchev–Trinajstić information content (AvgIpc) is 2.33. The maximum Gasteiger partial charge on any atom is 0.168 e. The van der Waals surface area contributed by atoms with E-state index in [4.69, 9.17) is 4.74 Å². The first kappa shape index (κ1) is 4.61. The molecule has 46 valence electrons. The Kier molecular flexibility index (Phi) is 0.828. The second-order valence-corrected chi connectivity index (χ2v) is 1.86. The molecule has 0 aromatic rings. The molecule has 2 rings (SSSR count). The second kappa shape index (κ2) is 1.62. The Hall–Kier alpha value is -1.25. The molecule has 2 heterocycles. The molecule has 0 spiro atoms. The van der Waals surface area contributed by atoms with Crippen molar-refractivity contribution in [3.05, 3.63) is 24.5 Å². The van der Waals surface area contributed by atoms with Crippen molar-refractivity contribution >= 4 is 6.21 Å². The van der Waals surface area contributed by atoms with Gasteiger partial charge in [0.2, 0.25) is 0 Å². The summed E-state index contributed by atoms with van der Waals surface area (Å²) in [6, 6.07) is 0. The van der Waals surface area contributed by atoms with E-state index in [0.29, 0.717) is 0 Å². The SMILES string of the molecule is C1=CN2CC=NC2=CO1. The van der Waals surface area contributed by atoms with Crippen LogP contribution in [-0.4, -0.2) is 17.7 Å². The maximum absolute atomic E-state index is 4.89. The molecule has 2 aliphatic rings. The van der Waals surface area contributed by atoms with Crippen molar-refractivity contribution in [3.63, 3.8) is 0 Å². The molecule has 2 aliphatic heterocycles. The molecule has 0 fully saturated rings. The van der Waals surface area contributed by atoms with Crippen molar-refractivity contribution in [1.29, 1.82) is 0 Å². The van der Waals surface area contributed by atoms with E-state index in [1.165, 1.54) is 0 Å². The lowest BCUT2D eigenvalue weighted by Gasteiger charge is -2.14. The van der Waals surface area contributed by atoms with E-state index < -0.39 is 0 Å². The van der Waals surface area contributed by atoms with E-state index in [1.807, 2.05) is 17.3 Å². The Morgan fingerprint density at radius 2 is 2.67 bits per heavy atom. The molecule has 0 unspecified atom stereocenters. The lowest BCUT2D eigenvalue weighted by Crippen LogP contribution is -2.13. The molecule has 0 bridgehead atoms. The molecule has 0 saturated heterocycles. The quantitative estimate of drug-likeness (QED) is 0.471. The maximum atomic E-state index is 4.89. The van der Waals surface area contributed by atoms with E-state index in [0.717, 1.165) is 12.4 Å². The minimum Gasteiger partial charge on any atom is -0.467 e. The summed E-state index contributed by atoms with van der Waals surface area (Å²) < 4.78 is 4.89. The van der Waals surface area contributed by atoms with Gasteiger partial charge in [0, 0.05) is 12.4 Å². The van der Waals surface area contributed by atoms with Crippen LogP contribution in [-0.2, 0) is 4.74 Å². The molecule has 0 saturated carbocycles. The molecule has 0 amide bonds. The van der Waals surface area contributed by atoms with Gasteiger partial charge in [-0.25, -0.2) is 4.99 Å². The number of hydrogen-bond donors (Lipinski definition) is 0. The number of fused-ring (bicyclic) bond motifs is 1. The summed E-state index contributed by atoms with van der Waals surface area (Å²) in [6.45, 7) is 0.867. The lowest BCUT2D eigenvalue weighted by molar-refractivity contribution is 0.343. The molecule has 0 N–H and O–H groups in total. The molecule has 3 nitrogen and oxygen atoms in total. The van der Waals surface area contributed by atoms with Gasteiger partial charge >= 0.3 is 0 Å². The fourth-order valence-corrected chi connectivity index (χ4v) is 0.834. The monoisotopic (exact) mass is 122 g/mol. The molecular weight excluding hydrogens is 116 g/mol. The van der Waals surface area contributed by atoms with E-state index in [9.17, 15) is 0 Å². The lowest BCUT2D eigenvalue weighted by atomic mass is 10.6. The van der Waals surface area contributed by atoms with E-state index >= 15 is 0 Å². The van der Waals surface area contributed by atoms with E-state index in [1.54, 1.807) is 12.5 Å². The molecule has 0 aromatic heterocycles. The van der Waals surface area contributed by atoms with Gasteiger partial charge in [0.1, 0.15) is 12.5 Å². The van der Waals surface area contributed by atoms with E-state index in [2.05, 4.69) is 4.99 Å². The Morgan fingerprint density at radius 3 is 3.56 bits per heavy atom. The van der Waals surface area contributed by atoms with Crippen molar-refractivity contribution in [1.82, 2.24) is 4.90 Å². The van der Waals surface area contributed by atoms with Gasteiger partial charge in [0.15, 0.2) is 5.82 Å². The van der Waals surface area contributed by atoms with Crippen LogP contribution in [0, 0.1) is 0 Å². The van der Waals surface area contributed by atoms with Crippen molar-refractivity contribution in [2.75, 3.05) is 6.54 Å². The number of aliphatic imine (C=N–C) groups is 1. The zero-order valence-corrected chi connectivity index (χ0v) is 4.82. The van der Waals surface area contributed by atoms with E-state index in [-0.39, 0.29) is 0 Å². The Balaban J connectivity index is 2.29. The summed E-state index contributed by atoms with van der Waals surface area (Å²) in [5.74, 6) is 0.887. The third kappa shape index (κ3) is 0.614. The fraction of sp³-hybridized carbons (Fsp3) is 0.167. The highest BCUT2D eigenvalue weighted by Gasteiger charge is 2.11. The molecule has 0 aliphatic carbocycles. The number of rotatable bonds is 0. The summed E-state index contributed by atoms with van der Waals surface area (Å²) in [6.07, 6.45) is 6.98. The molecule has 9 heavy (non-hydrogen) atoms. The van der Waals surface area contributed by atoms with Crippen LogP contribution in [0.4, 0.5) is 0 Å². The van der Waals surface area contributed by atoms with Crippen molar-refractivity contribution in [3.8, 4) is 0 Å². The molecule has 0 radical (unpaired) electrons. The van der Waals surface area contributed by atoms with Crippen LogP contribution in [0.15, 0.2) is 29.5 Å². The van der Waals surface area contributed by atoms with Gasteiger partial charge in [-0.1, -0.05) is 0 Å². The minimum absolute atomic E-state index is 0.867. The topological polar surface area (TPSA) is 24.8 Å². The van der Waals surface area contributed by atoms with Gasteiger partial charge in [-0.2, -0.15) is 0 Å². The van der Waals surface area contributed by atoms with Crippen molar-refractivity contribution in [2.45, 2.75) is 0 Å². The second-order valence-electron chi connectivity index (χ2n) is 1.86. The van der Waals surface area contributed by atoms with Crippen LogP contribution >= 0.6 is 0 Å². The highest BCUT2D eigenvalue weighted by molar-refractivity contribution is 5.65.